The maximum atomic E-state index is 12.4. The molecule has 2 aromatic carbocycles. The van der Waals surface area contributed by atoms with Gasteiger partial charge in [0, 0.05) is 11.6 Å². The molecule has 0 saturated carbocycles. The molecule has 0 saturated heterocycles. The number of nitrogens with one attached hydrogen (secondary N) is 1. The van der Waals surface area contributed by atoms with Crippen molar-refractivity contribution in [2.75, 3.05) is 5.32 Å². The van der Waals surface area contributed by atoms with Crippen LogP contribution in [0.4, 0.5) is 5.82 Å². The Morgan fingerprint density at radius 1 is 0.958 bits per heavy atom. The van der Waals surface area contributed by atoms with Crippen LogP contribution in [0.3, 0.4) is 0 Å². The molecule has 4 rings (SSSR count). The Hall–Kier alpha value is -3.47. The highest BCUT2D eigenvalue weighted by Crippen LogP contribution is 2.25. The fourth-order valence-corrected chi connectivity index (χ4v) is 2.65. The monoisotopic (exact) mass is 316 g/mol. The number of aromatic nitrogens is 1. The molecule has 0 unspecified atom stereocenters. The molecule has 5 heteroatoms. The van der Waals surface area contributed by atoms with Gasteiger partial charge in [0.1, 0.15) is 17.0 Å². The molecule has 0 bridgehead atoms. The SMILES string of the molecule is O=C(Nc1ccccn1)c1cc2c(ccc3ccccc32)oc1=O. The van der Waals surface area contributed by atoms with E-state index in [1.165, 1.54) is 0 Å². The standard InChI is InChI=1S/C19H12N2O3/c22-18(21-17-7-3-4-10-20-17)15-11-14-13-6-2-1-5-12(13)8-9-16(14)24-19(15)23/h1-11H,(H,20,21,22). The molecule has 1 N–H and O–H groups in total. The van der Waals surface area contributed by atoms with Crippen LogP contribution >= 0.6 is 0 Å². The van der Waals surface area contributed by atoms with Gasteiger partial charge in [-0.15, -0.1) is 0 Å². The summed E-state index contributed by atoms with van der Waals surface area (Å²) >= 11 is 0. The Morgan fingerprint density at radius 2 is 1.79 bits per heavy atom. The third-order valence-electron chi connectivity index (χ3n) is 3.79. The predicted molar refractivity (Wildman–Crippen MR) is 92.2 cm³/mol. The summed E-state index contributed by atoms with van der Waals surface area (Å²) in [5.74, 6) is -0.169. The molecule has 116 valence electrons. The number of carbonyl (C=O) groups excluding carboxylic acids is 1. The zero-order valence-corrected chi connectivity index (χ0v) is 12.5. The van der Waals surface area contributed by atoms with Crippen molar-refractivity contribution < 1.29 is 9.21 Å². The van der Waals surface area contributed by atoms with Crippen molar-refractivity contribution in [2.45, 2.75) is 0 Å². The molecule has 2 heterocycles. The summed E-state index contributed by atoms with van der Waals surface area (Å²) in [6, 6.07) is 18.1. The van der Waals surface area contributed by atoms with Crippen molar-refractivity contribution in [2.24, 2.45) is 0 Å². The first-order valence-corrected chi connectivity index (χ1v) is 7.40. The van der Waals surface area contributed by atoms with Gasteiger partial charge in [-0.1, -0.05) is 36.4 Å². The third-order valence-corrected chi connectivity index (χ3v) is 3.79. The highest BCUT2D eigenvalue weighted by atomic mass is 16.4. The molecule has 0 spiro atoms. The van der Waals surface area contributed by atoms with Crippen LogP contribution in [0.15, 0.2) is 76.1 Å². The largest absolute Gasteiger partial charge is 0.422 e. The number of benzene rings is 2. The van der Waals surface area contributed by atoms with E-state index in [9.17, 15) is 9.59 Å². The molecule has 0 aliphatic heterocycles. The molecule has 0 fully saturated rings. The van der Waals surface area contributed by atoms with Gasteiger partial charge in [-0.25, -0.2) is 9.78 Å². The zero-order chi connectivity index (χ0) is 16.5. The summed E-state index contributed by atoms with van der Waals surface area (Å²) in [5, 5.41) is 5.25. The fourth-order valence-electron chi connectivity index (χ4n) is 2.65. The Bertz CT molecular complexity index is 1120. The van der Waals surface area contributed by atoms with Gasteiger partial charge in [-0.3, -0.25) is 4.79 Å². The lowest BCUT2D eigenvalue weighted by Gasteiger charge is -2.06. The minimum absolute atomic E-state index is 0.0514. The van der Waals surface area contributed by atoms with Crippen molar-refractivity contribution in [1.82, 2.24) is 4.98 Å². The van der Waals surface area contributed by atoms with Crippen molar-refractivity contribution in [3.8, 4) is 0 Å². The zero-order valence-electron chi connectivity index (χ0n) is 12.5. The summed E-state index contributed by atoms with van der Waals surface area (Å²) in [4.78, 5) is 28.6. The van der Waals surface area contributed by atoms with E-state index < -0.39 is 11.5 Å². The van der Waals surface area contributed by atoms with Crippen LogP contribution in [-0.4, -0.2) is 10.9 Å². The average molecular weight is 316 g/mol. The van der Waals surface area contributed by atoms with Gasteiger partial charge >= 0.3 is 5.63 Å². The van der Waals surface area contributed by atoms with Crippen molar-refractivity contribution in [3.05, 3.63) is 82.8 Å². The van der Waals surface area contributed by atoms with Crippen LogP contribution < -0.4 is 10.9 Å². The number of carbonyl (C=O) groups is 1. The first-order valence-electron chi connectivity index (χ1n) is 7.40. The van der Waals surface area contributed by atoms with Gasteiger partial charge in [-0.2, -0.15) is 0 Å². The molecule has 2 aromatic heterocycles. The number of hydrogen-bond acceptors (Lipinski definition) is 4. The number of nitrogens with zero attached hydrogens (tertiary/aromatic N) is 1. The maximum Gasteiger partial charge on any atom is 0.349 e. The van der Waals surface area contributed by atoms with E-state index in [1.807, 2.05) is 30.3 Å². The summed E-state index contributed by atoms with van der Waals surface area (Å²) in [7, 11) is 0. The Labute approximate surface area is 136 Å². The second kappa shape index (κ2) is 5.62. The third kappa shape index (κ3) is 2.42. The van der Waals surface area contributed by atoms with Crippen LogP contribution in [-0.2, 0) is 0 Å². The van der Waals surface area contributed by atoms with E-state index in [0.29, 0.717) is 11.4 Å². The summed E-state index contributed by atoms with van der Waals surface area (Å²) < 4.78 is 5.32. The van der Waals surface area contributed by atoms with E-state index in [4.69, 9.17) is 4.42 Å². The van der Waals surface area contributed by atoms with Crippen LogP contribution in [0, 0.1) is 0 Å². The highest BCUT2D eigenvalue weighted by molar-refractivity contribution is 6.10. The fraction of sp³-hybridized carbons (Fsp3) is 0. The predicted octanol–water partition coefficient (Wildman–Crippen LogP) is 3.59. The number of hydrogen-bond donors (Lipinski definition) is 1. The molecule has 0 atom stereocenters. The number of anilines is 1. The topological polar surface area (TPSA) is 72.2 Å². The van der Waals surface area contributed by atoms with Crippen molar-refractivity contribution in [1.29, 1.82) is 0 Å². The van der Waals surface area contributed by atoms with Gasteiger partial charge in [0.25, 0.3) is 5.91 Å². The Morgan fingerprint density at radius 3 is 2.62 bits per heavy atom. The second-order valence-corrected chi connectivity index (χ2v) is 5.32. The normalized spacial score (nSPS) is 10.8. The number of fused-ring (bicyclic) bond motifs is 3. The summed E-state index contributed by atoms with van der Waals surface area (Å²) in [6.45, 7) is 0. The molecule has 0 aliphatic rings. The summed E-state index contributed by atoms with van der Waals surface area (Å²) in [6.07, 6.45) is 1.56. The van der Waals surface area contributed by atoms with Gasteiger partial charge in [0.05, 0.1) is 0 Å². The molecule has 4 aromatic rings. The quantitative estimate of drug-likeness (QED) is 0.453. The van der Waals surface area contributed by atoms with Crippen LogP contribution in [0.5, 0.6) is 0 Å². The van der Waals surface area contributed by atoms with E-state index in [2.05, 4.69) is 10.3 Å². The molecular weight excluding hydrogens is 304 g/mol. The van der Waals surface area contributed by atoms with Crippen molar-refractivity contribution in [3.63, 3.8) is 0 Å². The smallest absolute Gasteiger partial charge is 0.349 e. The lowest BCUT2D eigenvalue weighted by Crippen LogP contribution is -2.21. The average Bonchev–Trinajstić information content (AvgIpc) is 2.61. The van der Waals surface area contributed by atoms with Crippen LogP contribution in [0.1, 0.15) is 10.4 Å². The Balaban J connectivity index is 1.86. The maximum absolute atomic E-state index is 12.4. The molecule has 1 amide bonds. The molecule has 24 heavy (non-hydrogen) atoms. The number of amides is 1. The van der Waals surface area contributed by atoms with Crippen molar-refractivity contribution >= 4 is 33.5 Å². The van der Waals surface area contributed by atoms with Gasteiger partial charge in [0.15, 0.2) is 0 Å². The lowest BCUT2D eigenvalue weighted by molar-refractivity contribution is 0.102. The van der Waals surface area contributed by atoms with Crippen LogP contribution in [0.25, 0.3) is 21.7 Å². The molecule has 5 nitrogen and oxygen atoms in total. The Kier molecular flexibility index (Phi) is 3.31. The van der Waals surface area contributed by atoms with E-state index in [-0.39, 0.29) is 5.56 Å². The second-order valence-electron chi connectivity index (χ2n) is 5.32. The lowest BCUT2D eigenvalue weighted by atomic mass is 10.0. The number of pyridine rings is 1. The minimum Gasteiger partial charge on any atom is -0.422 e. The van der Waals surface area contributed by atoms with Gasteiger partial charge in [-0.05, 0) is 35.0 Å². The van der Waals surface area contributed by atoms with Gasteiger partial charge in [0.2, 0.25) is 0 Å². The minimum atomic E-state index is -0.675. The first-order chi connectivity index (χ1) is 11.7. The highest BCUT2D eigenvalue weighted by Gasteiger charge is 2.15. The molecule has 0 aliphatic carbocycles. The first kappa shape index (κ1) is 14.1. The van der Waals surface area contributed by atoms with E-state index in [1.54, 1.807) is 36.5 Å². The van der Waals surface area contributed by atoms with Gasteiger partial charge < -0.3 is 9.73 Å². The summed E-state index contributed by atoms with van der Waals surface area (Å²) in [5.41, 5.74) is -0.274. The van der Waals surface area contributed by atoms with E-state index >= 15 is 0 Å². The molecular formula is C19H12N2O3. The van der Waals surface area contributed by atoms with E-state index in [0.717, 1.165) is 16.2 Å². The number of rotatable bonds is 2. The molecule has 0 radical (unpaired) electrons. The van der Waals surface area contributed by atoms with Crippen LogP contribution in [0.2, 0.25) is 0 Å².